The second kappa shape index (κ2) is 6.37. The molecule has 4 nitrogen and oxygen atoms in total. The molecule has 2 aliphatic rings. The third-order valence-corrected chi connectivity index (χ3v) is 4.73. The highest BCUT2D eigenvalue weighted by Crippen LogP contribution is 2.34. The van der Waals surface area contributed by atoms with Gasteiger partial charge in [-0.1, -0.05) is 12.1 Å². The summed E-state index contributed by atoms with van der Waals surface area (Å²) in [5.74, 6) is -0.571. The van der Waals surface area contributed by atoms with E-state index in [1.807, 2.05) is 7.05 Å². The Kier molecular flexibility index (Phi) is 4.57. The molecule has 24 heavy (non-hydrogen) atoms. The summed E-state index contributed by atoms with van der Waals surface area (Å²) in [7, 11) is 1.99. The highest BCUT2D eigenvalue weighted by atomic mass is 19.4. The Morgan fingerprint density at radius 3 is 2.67 bits per heavy atom. The Morgan fingerprint density at radius 1 is 1.21 bits per heavy atom. The highest BCUT2D eigenvalue weighted by molar-refractivity contribution is 5.96. The van der Waals surface area contributed by atoms with Gasteiger partial charge in [0.1, 0.15) is 0 Å². The van der Waals surface area contributed by atoms with Crippen molar-refractivity contribution in [1.82, 2.24) is 9.80 Å². The van der Waals surface area contributed by atoms with Gasteiger partial charge in [-0.3, -0.25) is 4.79 Å². The molecular formula is C17H21F3N2O2. The van der Waals surface area contributed by atoms with E-state index in [0.29, 0.717) is 26.2 Å². The van der Waals surface area contributed by atoms with E-state index >= 15 is 0 Å². The molecule has 1 atom stereocenters. The van der Waals surface area contributed by atoms with Gasteiger partial charge in [0.2, 0.25) is 0 Å². The number of morpholine rings is 1. The van der Waals surface area contributed by atoms with Crippen molar-refractivity contribution in [3.05, 3.63) is 35.4 Å². The molecule has 0 aromatic heterocycles. The van der Waals surface area contributed by atoms with Crippen LogP contribution in [0.3, 0.4) is 0 Å². The average molecular weight is 342 g/mol. The van der Waals surface area contributed by atoms with E-state index in [1.165, 1.54) is 23.1 Å². The largest absolute Gasteiger partial charge is 0.417 e. The van der Waals surface area contributed by atoms with Crippen LogP contribution in [0, 0.1) is 0 Å². The minimum absolute atomic E-state index is 0.286. The van der Waals surface area contributed by atoms with E-state index in [4.69, 9.17) is 4.74 Å². The van der Waals surface area contributed by atoms with Crippen LogP contribution >= 0.6 is 0 Å². The normalized spacial score (nSPS) is 25.9. The monoisotopic (exact) mass is 342 g/mol. The molecule has 2 fully saturated rings. The average Bonchev–Trinajstić information content (AvgIpc) is 2.53. The van der Waals surface area contributed by atoms with Gasteiger partial charge >= 0.3 is 6.18 Å². The number of rotatable bonds is 1. The van der Waals surface area contributed by atoms with Crippen LogP contribution in [0.2, 0.25) is 0 Å². The smallest absolute Gasteiger partial charge is 0.370 e. The van der Waals surface area contributed by atoms with Crippen LogP contribution in [0.4, 0.5) is 13.2 Å². The van der Waals surface area contributed by atoms with E-state index in [0.717, 1.165) is 25.5 Å². The third-order valence-electron chi connectivity index (χ3n) is 4.73. The summed E-state index contributed by atoms with van der Waals surface area (Å²) < 4.78 is 45.5. The summed E-state index contributed by atoms with van der Waals surface area (Å²) in [5, 5.41) is 0. The number of carbonyl (C=O) groups is 1. The van der Waals surface area contributed by atoms with Crippen molar-refractivity contribution < 1.29 is 22.7 Å². The molecule has 0 N–H and O–H groups in total. The predicted octanol–water partition coefficient (Wildman–Crippen LogP) is 2.64. The van der Waals surface area contributed by atoms with Crippen molar-refractivity contribution in [3.63, 3.8) is 0 Å². The number of alkyl halides is 3. The van der Waals surface area contributed by atoms with Gasteiger partial charge in [0.25, 0.3) is 5.91 Å². The lowest BCUT2D eigenvalue weighted by Crippen LogP contribution is -2.60. The maximum atomic E-state index is 13.2. The summed E-state index contributed by atoms with van der Waals surface area (Å²) in [5.41, 5.74) is -1.63. The summed E-state index contributed by atoms with van der Waals surface area (Å²) >= 11 is 0. The lowest BCUT2D eigenvalue weighted by molar-refractivity contribution is -0.138. The fourth-order valence-corrected chi connectivity index (χ4v) is 3.67. The first-order valence-electron chi connectivity index (χ1n) is 8.09. The molecule has 0 bridgehead atoms. The summed E-state index contributed by atoms with van der Waals surface area (Å²) in [6.45, 7) is 2.67. The van der Waals surface area contributed by atoms with Crippen LogP contribution < -0.4 is 0 Å². The van der Waals surface area contributed by atoms with Crippen LogP contribution in [0.1, 0.15) is 28.8 Å². The Morgan fingerprint density at radius 2 is 1.96 bits per heavy atom. The van der Waals surface area contributed by atoms with Gasteiger partial charge in [0, 0.05) is 13.1 Å². The molecule has 0 radical (unpaired) electrons. The Bertz CT molecular complexity index is 616. The van der Waals surface area contributed by atoms with Crippen molar-refractivity contribution in [1.29, 1.82) is 0 Å². The van der Waals surface area contributed by atoms with E-state index in [9.17, 15) is 18.0 Å². The molecule has 1 aromatic carbocycles. The lowest BCUT2D eigenvalue weighted by atomic mass is 9.90. The SMILES string of the molecule is CN1CCCC2(C1)CN(C(=O)c1ccccc1C(F)(F)F)CCO2. The molecule has 3 rings (SSSR count). The number of hydrogen-bond donors (Lipinski definition) is 0. The molecule has 2 saturated heterocycles. The topological polar surface area (TPSA) is 32.8 Å². The van der Waals surface area contributed by atoms with Gasteiger partial charge in [-0.15, -0.1) is 0 Å². The molecule has 1 unspecified atom stereocenters. The first-order chi connectivity index (χ1) is 11.3. The summed E-state index contributed by atoms with van der Waals surface area (Å²) in [6.07, 6.45) is -2.76. The number of carbonyl (C=O) groups excluding carboxylic acids is 1. The van der Waals surface area contributed by atoms with Crippen molar-refractivity contribution in [3.8, 4) is 0 Å². The molecule has 0 saturated carbocycles. The Labute approximate surface area is 139 Å². The number of amides is 1. The summed E-state index contributed by atoms with van der Waals surface area (Å²) in [4.78, 5) is 16.4. The fraction of sp³-hybridized carbons (Fsp3) is 0.588. The quantitative estimate of drug-likeness (QED) is 0.787. The molecule has 2 heterocycles. The van der Waals surface area contributed by atoms with Gasteiger partial charge < -0.3 is 14.5 Å². The molecular weight excluding hydrogens is 321 g/mol. The fourth-order valence-electron chi connectivity index (χ4n) is 3.67. The Hall–Kier alpha value is -1.60. The lowest BCUT2D eigenvalue weighted by Gasteiger charge is -2.47. The minimum atomic E-state index is -4.54. The molecule has 0 aliphatic carbocycles. The van der Waals surface area contributed by atoms with Gasteiger partial charge in [0.15, 0.2) is 0 Å². The molecule has 2 aliphatic heterocycles. The van der Waals surface area contributed by atoms with Crippen molar-refractivity contribution >= 4 is 5.91 Å². The number of ether oxygens (including phenoxy) is 1. The number of halogens is 3. The summed E-state index contributed by atoms with van der Waals surface area (Å²) in [6, 6.07) is 4.97. The minimum Gasteiger partial charge on any atom is -0.370 e. The first kappa shape index (κ1) is 17.2. The maximum absolute atomic E-state index is 13.2. The zero-order valence-electron chi connectivity index (χ0n) is 13.6. The van der Waals surface area contributed by atoms with Crippen LogP contribution in [0.25, 0.3) is 0 Å². The standard InChI is InChI=1S/C17H21F3N2O2/c1-21-8-4-7-16(11-21)12-22(9-10-24-16)15(23)13-5-2-3-6-14(13)17(18,19)20/h2-3,5-6H,4,7-12H2,1H3. The van der Waals surface area contributed by atoms with Gasteiger partial charge in [-0.05, 0) is 38.6 Å². The van der Waals surface area contributed by atoms with Crippen LogP contribution in [-0.4, -0.2) is 61.1 Å². The Balaban J connectivity index is 1.83. The number of nitrogens with zero attached hydrogens (tertiary/aromatic N) is 2. The second-order valence-corrected chi connectivity index (χ2v) is 6.64. The van der Waals surface area contributed by atoms with Gasteiger partial charge in [0.05, 0.1) is 29.9 Å². The third kappa shape index (κ3) is 3.42. The first-order valence-corrected chi connectivity index (χ1v) is 8.09. The zero-order chi connectivity index (χ0) is 17.4. The van der Waals surface area contributed by atoms with Gasteiger partial charge in [-0.25, -0.2) is 0 Å². The molecule has 1 amide bonds. The van der Waals surface area contributed by atoms with Crippen molar-refractivity contribution in [2.24, 2.45) is 0 Å². The highest BCUT2D eigenvalue weighted by Gasteiger charge is 2.42. The number of piperidine rings is 1. The number of likely N-dealkylation sites (N-methyl/N-ethyl adjacent to an activating group) is 1. The second-order valence-electron chi connectivity index (χ2n) is 6.64. The van der Waals surface area contributed by atoms with Gasteiger partial charge in [-0.2, -0.15) is 13.2 Å². The van der Waals surface area contributed by atoms with E-state index in [-0.39, 0.29) is 5.56 Å². The molecule has 1 spiro atoms. The van der Waals surface area contributed by atoms with Crippen LogP contribution in [0.15, 0.2) is 24.3 Å². The van der Waals surface area contributed by atoms with Crippen molar-refractivity contribution in [2.75, 3.05) is 39.8 Å². The van der Waals surface area contributed by atoms with Crippen LogP contribution in [-0.2, 0) is 10.9 Å². The number of hydrogen-bond acceptors (Lipinski definition) is 3. The number of likely N-dealkylation sites (tertiary alicyclic amines) is 1. The number of benzene rings is 1. The van der Waals surface area contributed by atoms with Crippen LogP contribution in [0.5, 0.6) is 0 Å². The predicted molar refractivity (Wildman–Crippen MR) is 82.8 cm³/mol. The maximum Gasteiger partial charge on any atom is 0.417 e. The molecule has 1 aromatic rings. The van der Waals surface area contributed by atoms with Crippen molar-refractivity contribution in [2.45, 2.75) is 24.6 Å². The zero-order valence-corrected chi connectivity index (χ0v) is 13.6. The molecule has 7 heteroatoms. The van der Waals surface area contributed by atoms with E-state index < -0.39 is 23.2 Å². The van der Waals surface area contributed by atoms with E-state index in [2.05, 4.69) is 4.90 Å². The van der Waals surface area contributed by atoms with E-state index in [1.54, 1.807) is 0 Å². The molecule has 132 valence electrons.